The molecule has 0 saturated heterocycles. The molecule has 0 N–H and O–H groups in total. The lowest BCUT2D eigenvalue weighted by Gasteiger charge is -2.28. The molecule has 0 amide bonds. The van der Waals surface area contributed by atoms with Gasteiger partial charge >= 0.3 is 0 Å². The molecule has 0 aliphatic carbocycles. The van der Waals surface area contributed by atoms with Gasteiger partial charge in [0.25, 0.3) is 10.0 Å². The van der Waals surface area contributed by atoms with E-state index in [1.807, 2.05) is 37.3 Å². The maximum atomic E-state index is 13.6. The van der Waals surface area contributed by atoms with Crippen LogP contribution in [-0.2, 0) is 10.0 Å². The van der Waals surface area contributed by atoms with Crippen LogP contribution in [0.5, 0.6) is 0 Å². The Balaban J connectivity index is 2.75. The zero-order valence-corrected chi connectivity index (χ0v) is 19.7. The van der Waals surface area contributed by atoms with Crippen molar-refractivity contribution in [1.29, 1.82) is 0 Å². The molecule has 0 saturated carbocycles. The van der Waals surface area contributed by atoms with Gasteiger partial charge in [0.15, 0.2) is 0 Å². The lowest BCUT2D eigenvalue weighted by Crippen LogP contribution is -2.34. The first kappa shape index (κ1) is 23.9. The zero-order valence-electron chi connectivity index (χ0n) is 15.8. The second kappa shape index (κ2) is 10.6. The number of nitrogens with zero attached hydrogens (tertiary/aromatic N) is 2. The van der Waals surface area contributed by atoms with Gasteiger partial charge in [0.1, 0.15) is 14.6 Å². The summed E-state index contributed by atoms with van der Waals surface area (Å²) in [6.07, 6.45) is 0. The summed E-state index contributed by atoms with van der Waals surface area (Å²) >= 11 is 24.7. The number of para-hydroxylation sites is 2. The van der Waals surface area contributed by atoms with Gasteiger partial charge in [-0.3, -0.25) is 4.31 Å². The van der Waals surface area contributed by atoms with Crippen molar-refractivity contribution in [3.05, 3.63) is 80.2 Å². The minimum absolute atomic E-state index is 0.100. The number of halogens is 4. The van der Waals surface area contributed by atoms with Gasteiger partial charge in [-0.1, -0.05) is 82.8 Å². The summed E-state index contributed by atoms with van der Waals surface area (Å²) in [6.45, 7) is 4.10. The van der Waals surface area contributed by atoms with Crippen LogP contribution < -0.4 is 9.21 Å². The van der Waals surface area contributed by atoms with Crippen LogP contribution in [0.3, 0.4) is 0 Å². The van der Waals surface area contributed by atoms with E-state index in [9.17, 15) is 8.42 Å². The van der Waals surface area contributed by atoms with Gasteiger partial charge in [-0.2, -0.15) is 0 Å². The van der Waals surface area contributed by atoms with Gasteiger partial charge in [-0.25, -0.2) is 8.42 Å². The van der Waals surface area contributed by atoms with Crippen molar-refractivity contribution in [2.24, 2.45) is 0 Å². The summed E-state index contributed by atoms with van der Waals surface area (Å²) in [5.74, 6) is 0. The summed E-state index contributed by atoms with van der Waals surface area (Å²) in [6, 6.07) is 17.8. The number of rotatable bonds is 8. The highest BCUT2D eigenvalue weighted by atomic mass is 35.5. The van der Waals surface area contributed by atoms with E-state index in [0.717, 1.165) is 0 Å². The first-order valence-electron chi connectivity index (χ1n) is 8.76. The SMILES string of the molecule is CCN(/C(Cl)=C(/C(Cl)=C(Cl)Cl)S(=O)(=O)N(CC)c1ccccc1)c1ccccc1. The third-order valence-corrected chi connectivity index (χ3v) is 7.58. The van der Waals surface area contributed by atoms with Crippen molar-refractivity contribution < 1.29 is 8.42 Å². The second-order valence-corrected chi connectivity index (χ2v) is 9.26. The minimum Gasteiger partial charge on any atom is -0.331 e. The highest BCUT2D eigenvalue weighted by Gasteiger charge is 2.34. The summed E-state index contributed by atoms with van der Waals surface area (Å²) < 4.78 is 28.1. The summed E-state index contributed by atoms with van der Waals surface area (Å²) in [7, 11) is -4.19. The quantitative estimate of drug-likeness (QED) is 0.304. The second-order valence-electron chi connectivity index (χ2n) is 5.78. The third kappa shape index (κ3) is 5.41. The fraction of sp³-hybridized carbons (Fsp3) is 0.200. The molecule has 4 nitrogen and oxygen atoms in total. The maximum Gasteiger partial charge on any atom is 0.268 e. The molecule has 0 heterocycles. The number of allylic oxidation sites excluding steroid dienone is 1. The Bertz CT molecular complexity index is 990. The van der Waals surface area contributed by atoms with E-state index < -0.39 is 14.5 Å². The Morgan fingerprint density at radius 2 is 1.28 bits per heavy atom. The molecular formula is C20H20Cl4N2O2S. The Labute approximate surface area is 192 Å². The van der Waals surface area contributed by atoms with Crippen LogP contribution in [0.25, 0.3) is 0 Å². The van der Waals surface area contributed by atoms with Crippen LogP contribution in [0.15, 0.2) is 80.2 Å². The Hall–Kier alpha value is -1.37. The average Bonchev–Trinajstić information content (AvgIpc) is 2.70. The van der Waals surface area contributed by atoms with Crippen LogP contribution in [0.1, 0.15) is 13.8 Å². The molecule has 0 radical (unpaired) electrons. The fourth-order valence-electron chi connectivity index (χ4n) is 2.76. The zero-order chi connectivity index (χ0) is 21.6. The number of sulfonamides is 1. The molecule has 0 fully saturated rings. The maximum absolute atomic E-state index is 13.6. The first-order chi connectivity index (χ1) is 13.8. The van der Waals surface area contributed by atoms with Crippen LogP contribution in [0, 0.1) is 0 Å². The number of hydrogen-bond donors (Lipinski definition) is 0. The molecule has 2 aromatic rings. The molecule has 9 heteroatoms. The van der Waals surface area contributed by atoms with Crippen LogP contribution in [0.4, 0.5) is 11.4 Å². The van der Waals surface area contributed by atoms with E-state index in [4.69, 9.17) is 46.4 Å². The lowest BCUT2D eigenvalue weighted by molar-refractivity contribution is 0.598. The molecule has 2 aromatic carbocycles. The molecule has 29 heavy (non-hydrogen) atoms. The predicted octanol–water partition coefficient (Wildman–Crippen LogP) is 6.66. The van der Waals surface area contributed by atoms with E-state index in [-0.39, 0.29) is 21.6 Å². The van der Waals surface area contributed by atoms with E-state index >= 15 is 0 Å². The molecule has 0 atom stereocenters. The molecule has 0 unspecified atom stereocenters. The molecule has 0 bridgehead atoms. The van der Waals surface area contributed by atoms with Crippen molar-refractivity contribution in [1.82, 2.24) is 0 Å². The third-order valence-electron chi connectivity index (χ3n) is 4.05. The highest BCUT2D eigenvalue weighted by Crippen LogP contribution is 2.38. The van der Waals surface area contributed by atoms with Gasteiger partial charge < -0.3 is 4.90 Å². The smallest absolute Gasteiger partial charge is 0.268 e. The van der Waals surface area contributed by atoms with Crippen LogP contribution in [-0.4, -0.2) is 21.5 Å². The largest absolute Gasteiger partial charge is 0.331 e. The predicted molar refractivity (Wildman–Crippen MR) is 125 cm³/mol. The molecule has 2 rings (SSSR count). The van der Waals surface area contributed by atoms with Crippen molar-refractivity contribution in [3.8, 4) is 0 Å². The van der Waals surface area contributed by atoms with Gasteiger partial charge in [-0.05, 0) is 38.1 Å². The van der Waals surface area contributed by atoms with Crippen LogP contribution >= 0.6 is 46.4 Å². The van der Waals surface area contributed by atoms with Gasteiger partial charge in [-0.15, -0.1) is 0 Å². The van der Waals surface area contributed by atoms with Crippen molar-refractivity contribution in [3.63, 3.8) is 0 Å². The number of anilines is 2. The number of hydrogen-bond acceptors (Lipinski definition) is 3. The molecule has 0 aliphatic rings. The Morgan fingerprint density at radius 3 is 1.69 bits per heavy atom. The lowest BCUT2D eigenvalue weighted by atomic mass is 10.3. The Kier molecular flexibility index (Phi) is 8.73. The number of benzene rings is 2. The van der Waals surface area contributed by atoms with E-state index in [2.05, 4.69) is 0 Å². The van der Waals surface area contributed by atoms with Gasteiger partial charge in [0.2, 0.25) is 0 Å². The fourth-order valence-corrected chi connectivity index (χ4v) is 5.70. The van der Waals surface area contributed by atoms with Crippen LogP contribution in [0.2, 0.25) is 0 Å². The highest BCUT2D eigenvalue weighted by molar-refractivity contribution is 7.97. The Morgan fingerprint density at radius 1 is 0.793 bits per heavy atom. The molecule has 156 valence electrons. The molecule has 0 spiro atoms. The molecule has 0 aromatic heterocycles. The van der Waals surface area contributed by atoms with E-state index in [1.165, 1.54) is 4.31 Å². The summed E-state index contributed by atoms with van der Waals surface area (Å²) in [4.78, 5) is 1.25. The average molecular weight is 494 g/mol. The van der Waals surface area contributed by atoms with Crippen molar-refractivity contribution in [2.45, 2.75) is 13.8 Å². The van der Waals surface area contributed by atoms with E-state index in [1.54, 1.807) is 42.2 Å². The normalized spacial score (nSPS) is 12.2. The standard InChI is InChI=1S/C20H20Cl4N2O2S/c1-3-25(15-11-7-5-8-12-15)20(24)18(17(21)19(22)23)29(27,28)26(4-2)16-13-9-6-10-14-16/h5-14H,3-4H2,1-2H3/b20-18-. The first-order valence-corrected chi connectivity index (χ1v) is 11.7. The summed E-state index contributed by atoms with van der Waals surface area (Å²) in [5.41, 5.74) is 1.17. The van der Waals surface area contributed by atoms with Crippen molar-refractivity contribution >= 4 is 67.8 Å². The molecular weight excluding hydrogens is 474 g/mol. The minimum atomic E-state index is -4.19. The topological polar surface area (TPSA) is 40.6 Å². The summed E-state index contributed by atoms with van der Waals surface area (Å²) in [5, 5.41) is -0.445. The monoisotopic (exact) mass is 492 g/mol. The van der Waals surface area contributed by atoms with E-state index in [0.29, 0.717) is 17.9 Å². The van der Waals surface area contributed by atoms with Gasteiger partial charge in [0, 0.05) is 18.8 Å². The van der Waals surface area contributed by atoms with Gasteiger partial charge in [0.05, 0.1) is 10.7 Å². The van der Waals surface area contributed by atoms with Crippen molar-refractivity contribution in [2.75, 3.05) is 22.3 Å². The molecule has 0 aliphatic heterocycles.